The number of aliphatic imine (C=N–C) groups is 1. The van der Waals surface area contributed by atoms with Gasteiger partial charge in [-0.25, -0.2) is 0 Å². The largest absolute Gasteiger partial charge is 0.469 e. The number of carbonyl (C=O) groups is 1. The Morgan fingerprint density at radius 1 is 1.38 bits per heavy atom. The van der Waals surface area contributed by atoms with Crippen molar-refractivity contribution < 1.29 is 9.53 Å². The van der Waals surface area contributed by atoms with Gasteiger partial charge in [0.1, 0.15) is 0 Å². The molecular weight excluding hydrogens is 485 g/mol. The molecule has 2 N–H and O–H groups in total. The van der Waals surface area contributed by atoms with Gasteiger partial charge in [0.25, 0.3) is 0 Å². The number of rotatable bonds is 6. The fourth-order valence-corrected chi connectivity index (χ4v) is 3.30. The van der Waals surface area contributed by atoms with Gasteiger partial charge in [-0.3, -0.25) is 9.79 Å². The molecule has 24 heavy (non-hydrogen) atoms. The minimum atomic E-state index is -0.222. The van der Waals surface area contributed by atoms with Crippen molar-refractivity contribution in [2.24, 2.45) is 10.9 Å². The van der Waals surface area contributed by atoms with Crippen LogP contribution in [-0.2, 0) is 14.9 Å². The highest BCUT2D eigenvalue weighted by molar-refractivity contribution is 14.0. The molecular formula is C17H25BrIN3O2. The highest BCUT2D eigenvalue weighted by Crippen LogP contribution is 2.49. The molecule has 0 heterocycles. The van der Waals surface area contributed by atoms with Crippen LogP contribution in [-0.4, -0.2) is 39.2 Å². The molecule has 1 saturated carbocycles. The minimum Gasteiger partial charge on any atom is -0.469 e. The van der Waals surface area contributed by atoms with E-state index in [1.54, 1.807) is 7.05 Å². The number of guanidine groups is 1. The molecule has 0 radical (unpaired) electrons. The Balaban J connectivity index is 0.00000288. The van der Waals surface area contributed by atoms with Crippen molar-refractivity contribution in [3.05, 3.63) is 34.3 Å². The first-order valence-electron chi connectivity index (χ1n) is 7.80. The fraction of sp³-hybridized carbons (Fsp3) is 0.529. The third-order valence-corrected chi connectivity index (χ3v) is 4.99. The predicted molar refractivity (Wildman–Crippen MR) is 111 cm³/mol. The van der Waals surface area contributed by atoms with Gasteiger partial charge in [-0.05, 0) is 24.5 Å². The topological polar surface area (TPSA) is 62.7 Å². The summed E-state index contributed by atoms with van der Waals surface area (Å²) in [6, 6.07) is 8.37. The zero-order chi connectivity index (χ0) is 16.9. The maximum Gasteiger partial charge on any atom is 0.310 e. The second-order valence-corrected chi connectivity index (χ2v) is 6.85. The smallest absolute Gasteiger partial charge is 0.310 e. The summed E-state index contributed by atoms with van der Waals surface area (Å²) in [4.78, 5) is 15.7. The van der Waals surface area contributed by atoms with E-state index in [1.807, 2.05) is 13.0 Å². The summed E-state index contributed by atoms with van der Waals surface area (Å²) in [5.41, 5.74) is 1.51. The van der Waals surface area contributed by atoms with E-state index in [0.29, 0.717) is 12.5 Å². The number of esters is 1. The number of ether oxygens (including phenoxy) is 1. The van der Waals surface area contributed by atoms with Gasteiger partial charge in [0, 0.05) is 30.0 Å². The molecule has 1 aliphatic rings. The van der Waals surface area contributed by atoms with Crippen molar-refractivity contribution in [1.29, 1.82) is 0 Å². The Hall–Kier alpha value is -0.830. The van der Waals surface area contributed by atoms with E-state index in [2.05, 4.69) is 49.8 Å². The van der Waals surface area contributed by atoms with Crippen molar-refractivity contribution in [2.75, 3.05) is 27.2 Å². The molecule has 1 unspecified atom stereocenters. The molecule has 1 aromatic rings. The second-order valence-electron chi connectivity index (χ2n) is 5.99. The molecule has 134 valence electrons. The van der Waals surface area contributed by atoms with Crippen molar-refractivity contribution in [3.63, 3.8) is 0 Å². The molecule has 1 aromatic carbocycles. The van der Waals surface area contributed by atoms with Crippen molar-refractivity contribution in [3.8, 4) is 0 Å². The summed E-state index contributed by atoms with van der Waals surface area (Å²) in [7, 11) is 3.14. The molecule has 0 aliphatic heterocycles. The summed E-state index contributed by atoms with van der Waals surface area (Å²) in [6.07, 6.45) is 2.33. The number of benzene rings is 1. The maximum absolute atomic E-state index is 11.4. The van der Waals surface area contributed by atoms with E-state index in [-0.39, 0.29) is 41.3 Å². The third kappa shape index (κ3) is 5.34. The lowest BCUT2D eigenvalue weighted by Crippen LogP contribution is -2.43. The molecule has 0 amide bonds. The zero-order valence-electron chi connectivity index (χ0n) is 14.3. The van der Waals surface area contributed by atoms with Crippen LogP contribution in [0.5, 0.6) is 0 Å². The second kappa shape index (κ2) is 9.60. The average Bonchev–Trinajstić information content (AvgIpc) is 3.35. The van der Waals surface area contributed by atoms with Gasteiger partial charge in [-0.1, -0.05) is 41.1 Å². The number of nitrogens with zero attached hydrogens (tertiary/aromatic N) is 1. The lowest BCUT2D eigenvalue weighted by atomic mass is 9.96. The summed E-state index contributed by atoms with van der Waals surface area (Å²) in [5.74, 6) is 0.274. The van der Waals surface area contributed by atoms with E-state index in [9.17, 15) is 4.79 Å². The van der Waals surface area contributed by atoms with Gasteiger partial charge >= 0.3 is 5.97 Å². The van der Waals surface area contributed by atoms with Crippen molar-refractivity contribution in [2.45, 2.75) is 25.2 Å². The molecule has 1 fully saturated rings. The Kier molecular flexibility index (Phi) is 8.49. The number of nitrogens with one attached hydrogen (secondary N) is 2. The van der Waals surface area contributed by atoms with Gasteiger partial charge in [-0.15, -0.1) is 24.0 Å². The summed E-state index contributed by atoms with van der Waals surface area (Å²) in [5, 5.41) is 6.55. The first-order valence-corrected chi connectivity index (χ1v) is 8.59. The van der Waals surface area contributed by atoms with E-state index < -0.39 is 0 Å². The first kappa shape index (κ1) is 21.2. The molecule has 2 rings (SSSR count). The van der Waals surface area contributed by atoms with Gasteiger partial charge in [0.15, 0.2) is 5.96 Å². The van der Waals surface area contributed by atoms with E-state index in [0.717, 1.165) is 23.9 Å². The molecule has 5 nitrogen and oxygen atoms in total. The summed E-state index contributed by atoms with van der Waals surface area (Å²) in [6.45, 7) is 3.14. The van der Waals surface area contributed by atoms with Crippen LogP contribution in [0.15, 0.2) is 33.7 Å². The monoisotopic (exact) mass is 509 g/mol. The highest BCUT2D eigenvalue weighted by Gasteiger charge is 2.45. The number of hydrogen-bond acceptors (Lipinski definition) is 3. The maximum atomic E-state index is 11.4. The summed E-state index contributed by atoms with van der Waals surface area (Å²) >= 11 is 3.64. The van der Waals surface area contributed by atoms with E-state index in [1.165, 1.54) is 12.7 Å². The predicted octanol–water partition coefficient (Wildman–Crippen LogP) is 3.07. The Bertz CT molecular complexity index is 591. The lowest BCUT2D eigenvalue weighted by molar-refractivity contribution is -0.144. The van der Waals surface area contributed by atoms with Gasteiger partial charge in [-0.2, -0.15) is 0 Å². The van der Waals surface area contributed by atoms with Gasteiger partial charge in [0.2, 0.25) is 0 Å². The van der Waals surface area contributed by atoms with Gasteiger partial charge in [0.05, 0.1) is 13.0 Å². The number of methoxy groups -OCH3 is 1. The molecule has 1 aliphatic carbocycles. The van der Waals surface area contributed by atoms with Crippen LogP contribution >= 0.6 is 39.9 Å². The molecule has 0 spiro atoms. The minimum absolute atomic E-state index is 0. The molecule has 1 atom stereocenters. The van der Waals surface area contributed by atoms with Crippen LogP contribution < -0.4 is 10.6 Å². The lowest BCUT2D eigenvalue weighted by Gasteiger charge is -2.21. The van der Waals surface area contributed by atoms with Crippen LogP contribution in [0.1, 0.15) is 25.3 Å². The quantitative estimate of drug-likeness (QED) is 0.268. The van der Waals surface area contributed by atoms with Crippen LogP contribution in [0.3, 0.4) is 0 Å². The van der Waals surface area contributed by atoms with Crippen molar-refractivity contribution in [1.82, 2.24) is 10.6 Å². The van der Waals surface area contributed by atoms with E-state index in [4.69, 9.17) is 4.74 Å². The number of halogens is 2. The van der Waals surface area contributed by atoms with Crippen molar-refractivity contribution >= 4 is 51.8 Å². The molecule has 7 heteroatoms. The zero-order valence-corrected chi connectivity index (χ0v) is 18.2. The van der Waals surface area contributed by atoms with E-state index >= 15 is 0 Å². The Morgan fingerprint density at radius 3 is 2.58 bits per heavy atom. The normalized spacial score (nSPS) is 16.6. The van der Waals surface area contributed by atoms with Gasteiger partial charge < -0.3 is 15.4 Å². The molecule has 0 bridgehead atoms. The summed E-state index contributed by atoms with van der Waals surface area (Å²) < 4.78 is 5.88. The number of carbonyl (C=O) groups excluding carboxylic acids is 1. The first-order chi connectivity index (χ1) is 11.0. The van der Waals surface area contributed by atoms with Crippen LogP contribution in [0.2, 0.25) is 0 Å². The van der Waals surface area contributed by atoms with Crippen LogP contribution in [0.4, 0.5) is 0 Å². The molecule has 0 aromatic heterocycles. The standard InChI is InChI=1S/C17H24BrN3O2.HI/c1-12(15(22)23-3)10-20-16(19-2)21-11-17(8-9-17)13-6-4-5-7-14(13)18;/h4-7,12H,8-11H2,1-3H3,(H2,19,20,21);1H. The number of hydrogen-bond donors (Lipinski definition) is 2. The highest BCUT2D eigenvalue weighted by atomic mass is 127. The average molecular weight is 510 g/mol. The third-order valence-electron chi connectivity index (χ3n) is 4.30. The Labute approximate surface area is 169 Å². The SMILES string of the molecule is CN=C(NCC(C)C(=O)OC)NCC1(c2ccccc2Br)CC1.I. The Morgan fingerprint density at radius 2 is 2.04 bits per heavy atom. The molecule has 0 saturated heterocycles. The van der Waals surface area contributed by atoms with Crippen LogP contribution in [0.25, 0.3) is 0 Å². The fourth-order valence-electron chi connectivity index (χ4n) is 2.59. The van der Waals surface area contributed by atoms with Crippen LogP contribution in [0, 0.1) is 5.92 Å².